The molecule has 1 unspecified atom stereocenters. The molecule has 27 heavy (non-hydrogen) atoms. The molecule has 0 N–H and O–H groups in total. The molecule has 138 valence electrons. The second kappa shape index (κ2) is 6.79. The first-order valence-electron chi connectivity index (χ1n) is 8.66. The summed E-state index contributed by atoms with van der Waals surface area (Å²) in [5, 5.41) is 4.20. The maximum atomic E-state index is 13.0. The zero-order valence-electron chi connectivity index (χ0n) is 14.4. The number of fused-ring (bicyclic) bond motifs is 1. The first kappa shape index (κ1) is 17.1. The molecule has 2 amide bonds. The molecule has 0 aliphatic carbocycles. The molecule has 3 heterocycles. The number of hydrogen-bond donors (Lipinski definition) is 0. The number of carbonyl (C=O) groups excluding carboxylic acids is 2. The van der Waals surface area contributed by atoms with Crippen LogP contribution in [0.1, 0.15) is 12.0 Å². The van der Waals surface area contributed by atoms with Crippen molar-refractivity contribution >= 4 is 17.5 Å². The summed E-state index contributed by atoms with van der Waals surface area (Å²) in [4.78, 5) is 38.3. The van der Waals surface area contributed by atoms with E-state index >= 15 is 0 Å². The summed E-state index contributed by atoms with van der Waals surface area (Å²) >= 11 is 0. The van der Waals surface area contributed by atoms with E-state index in [0.717, 1.165) is 5.56 Å². The third-order valence-corrected chi connectivity index (χ3v) is 4.76. The highest BCUT2D eigenvalue weighted by Gasteiger charge is 2.38. The zero-order chi connectivity index (χ0) is 19.0. The Balaban J connectivity index is 1.45. The van der Waals surface area contributed by atoms with Crippen molar-refractivity contribution in [3.8, 4) is 0 Å². The average Bonchev–Trinajstić information content (AvgIpc) is 3.12. The number of imide groups is 1. The van der Waals surface area contributed by atoms with E-state index in [1.165, 1.54) is 26.1 Å². The molecule has 0 spiro atoms. The highest BCUT2D eigenvalue weighted by atomic mass is 19.1. The fourth-order valence-corrected chi connectivity index (χ4v) is 3.36. The molecule has 2 aromatic heterocycles. The maximum Gasteiger partial charge on any atom is 0.350 e. The van der Waals surface area contributed by atoms with Crippen molar-refractivity contribution in [1.82, 2.24) is 19.1 Å². The number of amides is 2. The summed E-state index contributed by atoms with van der Waals surface area (Å²) in [7, 11) is 0. The monoisotopic (exact) mass is 368 g/mol. The minimum absolute atomic E-state index is 0.0986. The SMILES string of the molecule is O=C1CC(Cc2ccc(F)cc2)C(=O)N1CCn1nc2ccccn2c1=O. The lowest BCUT2D eigenvalue weighted by atomic mass is 9.98. The Hall–Kier alpha value is -3.29. The number of halogens is 1. The maximum absolute atomic E-state index is 13.0. The van der Waals surface area contributed by atoms with Gasteiger partial charge in [0.25, 0.3) is 0 Å². The lowest BCUT2D eigenvalue weighted by Gasteiger charge is -2.14. The zero-order valence-corrected chi connectivity index (χ0v) is 14.4. The molecule has 3 aromatic rings. The molecule has 0 saturated carbocycles. The summed E-state index contributed by atoms with van der Waals surface area (Å²) in [6, 6.07) is 11.1. The first-order valence-corrected chi connectivity index (χ1v) is 8.66. The quantitative estimate of drug-likeness (QED) is 0.635. The van der Waals surface area contributed by atoms with Crippen molar-refractivity contribution in [3.05, 3.63) is 70.5 Å². The van der Waals surface area contributed by atoms with E-state index in [4.69, 9.17) is 0 Å². The van der Waals surface area contributed by atoms with E-state index in [9.17, 15) is 18.8 Å². The Labute approximate surface area is 153 Å². The van der Waals surface area contributed by atoms with Crippen LogP contribution in [0.2, 0.25) is 0 Å². The van der Waals surface area contributed by atoms with E-state index in [1.54, 1.807) is 36.5 Å². The number of pyridine rings is 1. The number of hydrogen-bond acceptors (Lipinski definition) is 4. The largest absolute Gasteiger partial charge is 0.350 e. The Morgan fingerprint density at radius 1 is 1.04 bits per heavy atom. The number of nitrogens with zero attached hydrogens (tertiary/aromatic N) is 4. The van der Waals surface area contributed by atoms with Gasteiger partial charge in [-0.15, -0.1) is 5.10 Å². The number of aromatic nitrogens is 3. The second-order valence-electron chi connectivity index (χ2n) is 6.55. The molecule has 1 atom stereocenters. The summed E-state index contributed by atoms with van der Waals surface area (Å²) in [6.45, 7) is 0.239. The van der Waals surface area contributed by atoms with Gasteiger partial charge in [0, 0.05) is 19.2 Å². The summed E-state index contributed by atoms with van der Waals surface area (Å²) in [5.74, 6) is -1.32. The van der Waals surface area contributed by atoms with Gasteiger partial charge in [0.2, 0.25) is 11.8 Å². The number of carbonyl (C=O) groups is 2. The average molecular weight is 368 g/mol. The van der Waals surface area contributed by atoms with Gasteiger partial charge in [-0.05, 0) is 36.2 Å². The predicted molar refractivity (Wildman–Crippen MR) is 94.4 cm³/mol. The van der Waals surface area contributed by atoms with E-state index in [2.05, 4.69) is 5.10 Å². The highest BCUT2D eigenvalue weighted by Crippen LogP contribution is 2.23. The number of likely N-dealkylation sites (tertiary alicyclic amines) is 1. The summed E-state index contributed by atoms with van der Waals surface area (Å²) in [6.07, 6.45) is 2.12. The third-order valence-electron chi connectivity index (χ3n) is 4.76. The molecule has 0 radical (unpaired) electrons. The van der Waals surface area contributed by atoms with Crippen LogP contribution in [0, 0.1) is 11.7 Å². The lowest BCUT2D eigenvalue weighted by molar-refractivity contribution is -0.139. The highest BCUT2D eigenvalue weighted by molar-refractivity contribution is 6.03. The van der Waals surface area contributed by atoms with Crippen LogP contribution in [0.4, 0.5) is 4.39 Å². The third kappa shape index (κ3) is 3.25. The van der Waals surface area contributed by atoms with Crippen molar-refractivity contribution in [2.75, 3.05) is 6.54 Å². The number of benzene rings is 1. The minimum Gasteiger partial charge on any atom is -0.280 e. The molecule has 1 aromatic carbocycles. The van der Waals surface area contributed by atoms with Gasteiger partial charge in [-0.25, -0.2) is 13.9 Å². The molecule has 1 aliphatic heterocycles. The van der Waals surface area contributed by atoms with Crippen LogP contribution in [0.3, 0.4) is 0 Å². The lowest BCUT2D eigenvalue weighted by Crippen LogP contribution is -2.36. The van der Waals surface area contributed by atoms with Crippen LogP contribution in [0.15, 0.2) is 53.5 Å². The van der Waals surface area contributed by atoms with Gasteiger partial charge in [0.15, 0.2) is 5.65 Å². The van der Waals surface area contributed by atoms with Gasteiger partial charge < -0.3 is 0 Å². The first-order chi connectivity index (χ1) is 13.0. The fraction of sp³-hybridized carbons (Fsp3) is 0.263. The van der Waals surface area contributed by atoms with Gasteiger partial charge in [0.05, 0.1) is 12.5 Å². The van der Waals surface area contributed by atoms with Crippen molar-refractivity contribution in [1.29, 1.82) is 0 Å². The smallest absolute Gasteiger partial charge is 0.280 e. The van der Waals surface area contributed by atoms with Gasteiger partial charge in [-0.2, -0.15) is 0 Å². The van der Waals surface area contributed by atoms with Crippen molar-refractivity contribution < 1.29 is 14.0 Å². The molecule has 4 rings (SSSR count). The normalized spacial score (nSPS) is 17.2. The standard InChI is InChI=1S/C19H17FN4O3/c20-15-6-4-13(5-7-15)11-14-12-17(25)23(18(14)26)9-10-24-19(27)22-8-2-1-3-16(22)21-24/h1-8,14H,9-12H2. The number of rotatable bonds is 5. The Morgan fingerprint density at radius 2 is 1.81 bits per heavy atom. The Bertz CT molecular complexity index is 1070. The molecular formula is C19H17FN4O3. The van der Waals surface area contributed by atoms with Crippen LogP contribution in [0.25, 0.3) is 5.65 Å². The molecule has 8 heteroatoms. The van der Waals surface area contributed by atoms with Crippen LogP contribution in [0.5, 0.6) is 0 Å². The van der Waals surface area contributed by atoms with Crippen molar-refractivity contribution in [2.45, 2.75) is 19.4 Å². The predicted octanol–water partition coefficient (Wildman–Crippen LogP) is 1.25. The van der Waals surface area contributed by atoms with Crippen LogP contribution < -0.4 is 5.69 Å². The summed E-state index contributed by atoms with van der Waals surface area (Å²) in [5.41, 5.74) is 1.00. The van der Waals surface area contributed by atoms with Crippen molar-refractivity contribution in [3.63, 3.8) is 0 Å². The minimum atomic E-state index is -0.458. The second-order valence-corrected chi connectivity index (χ2v) is 6.55. The Morgan fingerprint density at radius 3 is 2.56 bits per heavy atom. The van der Waals surface area contributed by atoms with E-state index in [0.29, 0.717) is 12.1 Å². The van der Waals surface area contributed by atoms with E-state index < -0.39 is 5.92 Å². The van der Waals surface area contributed by atoms with Gasteiger partial charge in [0.1, 0.15) is 5.82 Å². The van der Waals surface area contributed by atoms with Crippen molar-refractivity contribution in [2.24, 2.45) is 5.92 Å². The van der Waals surface area contributed by atoms with E-state index in [1.807, 2.05) is 0 Å². The Kier molecular flexibility index (Phi) is 4.31. The van der Waals surface area contributed by atoms with Gasteiger partial charge >= 0.3 is 5.69 Å². The molecular weight excluding hydrogens is 351 g/mol. The van der Waals surface area contributed by atoms with Gasteiger partial charge in [-0.1, -0.05) is 18.2 Å². The topological polar surface area (TPSA) is 76.7 Å². The van der Waals surface area contributed by atoms with Crippen LogP contribution in [-0.2, 0) is 22.6 Å². The molecule has 1 fully saturated rings. The molecule has 1 saturated heterocycles. The molecule has 7 nitrogen and oxygen atoms in total. The fourth-order valence-electron chi connectivity index (χ4n) is 3.36. The molecule has 1 aliphatic rings. The van der Waals surface area contributed by atoms with E-state index in [-0.39, 0.29) is 42.8 Å². The molecule has 0 bridgehead atoms. The van der Waals surface area contributed by atoms with Crippen LogP contribution >= 0.6 is 0 Å². The van der Waals surface area contributed by atoms with Gasteiger partial charge in [-0.3, -0.25) is 18.9 Å². The summed E-state index contributed by atoms with van der Waals surface area (Å²) < 4.78 is 15.7. The van der Waals surface area contributed by atoms with Crippen LogP contribution in [-0.4, -0.2) is 37.4 Å².